The molecule has 0 aromatic heterocycles. The van der Waals surface area contributed by atoms with Crippen LogP contribution in [0.2, 0.25) is 0 Å². The topological polar surface area (TPSA) is 81.7 Å². The molecule has 0 heterocycles. The van der Waals surface area contributed by atoms with Gasteiger partial charge in [-0.25, -0.2) is 26.3 Å². The molecule has 1 fully saturated rings. The van der Waals surface area contributed by atoms with Crippen molar-refractivity contribution in [2.24, 2.45) is 0 Å². The first kappa shape index (κ1) is 18.5. The molecule has 1 aromatic rings. The van der Waals surface area contributed by atoms with Gasteiger partial charge in [-0.15, -0.1) is 0 Å². The smallest absolute Gasteiger partial charge is 0.316 e. The van der Waals surface area contributed by atoms with Gasteiger partial charge in [-0.1, -0.05) is 6.07 Å². The van der Waals surface area contributed by atoms with Crippen LogP contribution in [-0.4, -0.2) is 40.4 Å². The summed E-state index contributed by atoms with van der Waals surface area (Å²) in [5.74, 6) is -6.04. The largest absolute Gasteiger partial charge is 0.473 e. The van der Waals surface area contributed by atoms with Crippen molar-refractivity contribution >= 4 is 16.0 Å². The Hall–Kier alpha value is -1.81. The first-order valence-electron chi connectivity index (χ1n) is 6.85. The van der Waals surface area contributed by atoms with Crippen LogP contribution in [0.3, 0.4) is 0 Å². The van der Waals surface area contributed by atoms with Crippen LogP contribution in [0.4, 0.5) is 13.2 Å². The lowest BCUT2D eigenvalue weighted by Gasteiger charge is -2.45. The molecule has 134 valence electrons. The Morgan fingerprint density at radius 1 is 1.33 bits per heavy atom. The molecule has 0 spiro atoms. The Morgan fingerprint density at radius 2 is 1.96 bits per heavy atom. The van der Waals surface area contributed by atoms with Crippen LogP contribution in [0.15, 0.2) is 18.2 Å². The average Bonchev–Trinajstić information content (AvgIpc) is 2.50. The number of nitrogens with one attached hydrogen (secondary N) is 1. The van der Waals surface area contributed by atoms with Crippen molar-refractivity contribution in [2.75, 3.05) is 20.1 Å². The molecule has 0 radical (unpaired) electrons. The van der Waals surface area contributed by atoms with E-state index in [0.717, 1.165) is 19.2 Å². The lowest BCUT2D eigenvalue weighted by molar-refractivity contribution is -0.177. The van der Waals surface area contributed by atoms with Gasteiger partial charge in [0.05, 0.1) is 7.11 Å². The quantitative estimate of drug-likeness (QED) is 0.772. The first-order valence-corrected chi connectivity index (χ1v) is 8.51. The number of alkyl halides is 2. The summed E-state index contributed by atoms with van der Waals surface area (Å²) in [6.45, 7) is 0. The summed E-state index contributed by atoms with van der Waals surface area (Å²) in [7, 11) is -1.47. The molecule has 1 N–H and O–H groups in total. The molecule has 1 aromatic carbocycles. The van der Waals surface area contributed by atoms with Gasteiger partial charge < -0.3 is 9.47 Å². The van der Waals surface area contributed by atoms with Crippen LogP contribution in [0.5, 0.6) is 5.75 Å². The molecular formula is C14H16F3NO5S. The summed E-state index contributed by atoms with van der Waals surface area (Å²) < 4.78 is 74.6. The molecule has 0 amide bonds. The Bertz CT molecular complexity index is 743. The van der Waals surface area contributed by atoms with Gasteiger partial charge in [0.2, 0.25) is 16.0 Å². The standard InChI is InChI=1S/C14H16F3NO5S/c1-18-24(20,21)8-23-11-4-3-9(5-10(11)15)13(12(19)22-2)6-14(16,17)7-13/h3-5,18H,6-8H2,1-2H3. The van der Waals surface area contributed by atoms with Crippen LogP contribution < -0.4 is 9.46 Å². The highest BCUT2D eigenvalue weighted by Gasteiger charge is 2.62. The molecule has 0 atom stereocenters. The molecule has 0 unspecified atom stereocenters. The first-order chi connectivity index (χ1) is 11.1. The predicted molar refractivity (Wildman–Crippen MR) is 77.7 cm³/mol. The number of sulfonamides is 1. The molecule has 10 heteroatoms. The maximum Gasteiger partial charge on any atom is 0.316 e. The number of hydrogen-bond donors (Lipinski definition) is 1. The molecule has 0 bridgehead atoms. The zero-order valence-corrected chi connectivity index (χ0v) is 13.8. The summed E-state index contributed by atoms with van der Waals surface area (Å²) in [6.07, 6.45) is -1.55. The second kappa shape index (κ2) is 6.25. The van der Waals surface area contributed by atoms with E-state index in [9.17, 15) is 26.4 Å². The van der Waals surface area contributed by atoms with E-state index in [0.29, 0.717) is 0 Å². The van der Waals surface area contributed by atoms with Crippen molar-refractivity contribution in [3.05, 3.63) is 29.6 Å². The fraction of sp³-hybridized carbons (Fsp3) is 0.500. The van der Waals surface area contributed by atoms with Crippen LogP contribution >= 0.6 is 0 Å². The van der Waals surface area contributed by atoms with Gasteiger partial charge in [-0.3, -0.25) is 4.79 Å². The summed E-state index contributed by atoms with van der Waals surface area (Å²) in [5, 5.41) is 0. The van der Waals surface area contributed by atoms with Gasteiger partial charge in [-0.05, 0) is 24.7 Å². The predicted octanol–water partition coefficient (Wildman–Crippen LogP) is 1.55. The molecule has 1 saturated carbocycles. The van der Waals surface area contributed by atoms with E-state index in [2.05, 4.69) is 4.74 Å². The summed E-state index contributed by atoms with van der Waals surface area (Å²) in [6, 6.07) is 3.22. The minimum absolute atomic E-state index is 0.0293. The molecule has 2 rings (SSSR count). The average molecular weight is 367 g/mol. The molecule has 0 saturated heterocycles. The Labute approximate surface area is 137 Å². The molecule has 24 heavy (non-hydrogen) atoms. The fourth-order valence-corrected chi connectivity index (χ4v) is 3.01. The molecule has 6 nitrogen and oxygen atoms in total. The summed E-state index contributed by atoms with van der Waals surface area (Å²) in [4.78, 5) is 11.9. The van der Waals surface area contributed by atoms with E-state index in [-0.39, 0.29) is 11.3 Å². The van der Waals surface area contributed by atoms with E-state index in [4.69, 9.17) is 4.74 Å². The lowest BCUT2D eigenvalue weighted by atomic mass is 9.62. The van der Waals surface area contributed by atoms with Crippen molar-refractivity contribution in [3.63, 3.8) is 0 Å². The van der Waals surface area contributed by atoms with Gasteiger partial charge in [0.1, 0.15) is 5.41 Å². The Kier molecular flexibility index (Phi) is 4.82. The van der Waals surface area contributed by atoms with E-state index >= 15 is 0 Å². The van der Waals surface area contributed by atoms with Crippen molar-refractivity contribution < 1.29 is 35.9 Å². The number of methoxy groups -OCH3 is 1. The molecule has 0 aliphatic heterocycles. The van der Waals surface area contributed by atoms with Crippen LogP contribution in [0, 0.1) is 5.82 Å². The molecular weight excluding hydrogens is 351 g/mol. The number of hydrogen-bond acceptors (Lipinski definition) is 5. The van der Waals surface area contributed by atoms with Crippen molar-refractivity contribution in [3.8, 4) is 5.75 Å². The summed E-state index contributed by atoms with van der Waals surface area (Å²) >= 11 is 0. The van der Waals surface area contributed by atoms with Crippen molar-refractivity contribution in [1.82, 2.24) is 4.72 Å². The number of carbonyl (C=O) groups excluding carboxylic acids is 1. The highest BCUT2D eigenvalue weighted by molar-refractivity contribution is 7.89. The third kappa shape index (κ3) is 3.48. The molecule has 1 aliphatic rings. The third-order valence-electron chi connectivity index (χ3n) is 3.86. The van der Waals surface area contributed by atoms with E-state index in [1.54, 1.807) is 0 Å². The van der Waals surface area contributed by atoms with E-state index in [1.165, 1.54) is 13.1 Å². The minimum atomic E-state index is -3.71. The van der Waals surface area contributed by atoms with Gasteiger partial charge >= 0.3 is 5.97 Å². The highest BCUT2D eigenvalue weighted by Crippen LogP contribution is 2.54. The number of halogens is 3. The van der Waals surface area contributed by atoms with Gasteiger partial charge in [0, 0.05) is 12.8 Å². The molecule has 1 aliphatic carbocycles. The Balaban J connectivity index is 2.26. The zero-order chi connectivity index (χ0) is 18.2. The van der Waals surface area contributed by atoms with Gasteiger partial charge in [-0.2, -0.15) is 0 Å². The van der Waals surface area contributed by atoms with Gasteiger partial charge in [0.15, 0.2) is 11.6 Å². The minimum Gasteiger partial charge on any atom is -0.473 e. The van der Waals surface area contributed by atoms with Crippen LogP contribution in [0.25, 0.3) is 0 Å². The number of rotatable bonds is 6. The normalized spacial score (nSPS) is 18.5. The lowest BCUT2D eigenvalue weighted by Crippen LogP contribution is -2.55. The SMILES string of the molecule is CNS(=O)(=O)COc1ccc(C2(C(=O)OC)CC(F)(F)C2)cc1F. The second-order valence-electron chi connectivity index (χ2n) is 5.51. The number of carbonyl (C=O) groups is 1. The second-order valence-corrected chi connectivity index (χ2v) is 7.38. The Morgan fingerprint density at radius 3 is 2.42 bits per heavy atom. The maximum absolute atomic E-state index is 14.1. The summed E-state index contributed by atoms with van der Waals surface area (Å²) in [5.41, 5.74) is -1.59. The van der Waals surface area contributed by atoms with Crippen LogP contribution in [-0.2, 0) is 25.0 Å². The number of ether oxygens (including phenoxy) is 2. The van der Waals surface area contributed by atoms with Crippen molar-refractivity contribution in [2.45, 2.75) is 24.2 Å². The van der Waals surface area contributed by atoms with Gasteiger partial charge in [0.25, 0.3) is 5.92 Å². The number of benzene rings is 1. The van der Waals surface area contributed by atoms with E-state index < -0.39 is 51.9 Å². The number of esters is 1. The maximum atomic E-state index is 14.1. The van der Waals surface area contributed by atoms with E-state index in [1.807, 2.05) is 4.72 Å². The third-order valence-corrected chi connectivity index (χ3v) is 4.91. The monoisotopic (exact) mass is 367 g/mol. The van der Waals surface area contributed by atoms with Crippen LogP contribution in [0.1, 0.15) is 18.4 Å². The zero-order valence-electron chi connectivity index (χ0n) is 12.9. The van der Waals surface area contributed by atoms with Crippen molar-refractivity contribution in [1.29, 1.82) is 0 Å². The fourth-order valence-electron chi connectivity index (χ4n) is 2.61. The highest BCUT2D eigenvalue weighted by atomic mass is 32.2.